The molecule has 0 aliphatic carbocycles. The van der Waals surface area contributed by atoms with Gasteiger partial charge >= 0.3 is 0 Å². The quantitative estimate of drug-likeness (QED) is 0.418. The van der Waals surface area contributed by atoms with Crippen LogP contribution >= 0.6 is 0 Å². The van der Waals surface area contributed by atoms with Crippen LogP contribution in [0.4, 0.5) is 0 Å². The first kappa shape index (κ1) is 9.31. The van der Waals surface area contributed by atoms with Crippen LogP contribution in [0.15, 0.2) is 23.6 Å². The Morgan fingerprint density at radius 3 is 1.60 bits per heavy atom. The van der Waals surface area contributed by atoms with E-state index in [-0.39, 0.29) is 0 Å². The first-order valence-corrected chi connectivity index (χ1v) is 4.66. The normalized spacial score (nSPS) is 12.2. The Balaban J connectivity index is 4.79. The van der Waals surface area contributed by atoms with Crippen LogP contribution in [0.3, 0.4) is 0 Å². The summed E-state index contributed by atoms with van der Waals surface area (Å²) in [4.78, 5) is 0. The van der Waals surface area contributed by atoms with E-state index in [4.69, 9.17) is 0 Å². The molecular weight excluding hydrogens is 136 g/mol. The summed E-state index contributed by atoms with van der Waals surface area (Å²) < 4.78 is 0. The zero-order valence-corrected chi connectivity index (χ0v) is 7.83. The Hall–Kier alpha value is -0.693. The molecule has 0 aliphatic rings. The van der Waals surface area contributed by atoms with Gasteiger partial charge in [0.2, 0.25) is 0 Å². The van der Waals surface area contributed by atoms with Crippen molar-refractivity contribution in [3.63, 3.8) is 0 Å². The van der Waals surface area contributed by atoms with Crippen molar-refractivity contribution < 1.29 is 0 Å². The molecule has 0 aromatic rings. The van der Waals surface area contributed by atoms with Gasteiger partial charge in [-0.05, 0) is 13.8 Å². The van der Waals surface area contributed by atoms with Crippen molar-refractivity contribution in [1.82, 2.24) is 0 Å². The van der Waals surface area contributed by atoms with Gasteiger partial charge in [0.15, 0.2) is 8.41 Å². The highest BCUT2D eigenvalue weighted by molar-refractivity contribution is 6.83. The number of rotatable bonds is 2. The van der Waals surface area contributed by atoms with E-state index in [1.54, 1.807) is 0 Å². The van der Waals surface area contributed by atoms with E-state index in [2.05, 4.69) is 27.0 Å². The summed E-state index contributed by atoms with van der Waals surface area (Å²) in [5.41, 5.74) is 0. The molecule has 0 saturated heterocycles. The Bertz CT molecular complexity index is 177. The molecule has 0 rings (SSSR count). The molecule has 0 fully saturated rings. The van der Waals surface area contributed by atoms with E-state index in [0.29, 0.717) is 0 Å². The van der Waals surface area contributed by atoms with Crippen LogP contribution in [0, 0.1) is 13.8 Å². The third-order valence-corrected chi connectivity index (χ3v) is 3.62. The van der Waals surface area contributed by atoms with E-state index < -0.39 is 8.41 Å². The molecule has 0 bridgehead atoms. The third kappa shape index (κ3) is 2.27. The average Bonchev–Trinajstić information content (AvgIpc) is 1.59. The number of hydrogen-bond donors (Lipinski definition) is 0. The molecule has 0 spiro atoms. The van der Waals surface area contributed by atoms with Crippen LogP contribution < -0.4 is 0 Å². The smallest absolute Gasteiger partial charge is 0.0998 e. The lowest BCUT2D eigenvalue weighted by Crippen LogP contribution is -2.13. The highest BCUT2D eigenvalue weighted by atomic mass is 28.2. The molecule has 0 heterocycles. The fraction of sp³-hybridized carbons (Fsp3) is 0.222. The van der Waals surface area contributed by atoms with Gasteiger partial charge < -0.3 is 0 Å². The summed E-state index contributed by atoms with van der Waals surface area (Å²) in [6, 6.07) is 0. The molecule has 0 aromatic heterocycles. The zero-order chi connectivity index (χ0) is 8.31. The maximum Gasteiger partial charge on any atom is 0.184 e. The van der Waals surface area contributed by atoms with Crippen LogP contribution in [0.5, 0.6) is 0 Å². The average molecular weight is 150 g/mol. The first-order valence-electron chi connectivity index (χ1n) is 3.16. The second-order valence-electron chi connectivity index (χ2n) is 2.54. The molecule has 52 valence electrons. The van der Waals surface area contributed by atoms with Crippen LogP contribution in [0.2, 0.25) is 0 Å². The summed E-state index contributed by atoms with van der Waals surface area (Å²) in [5, 5.41) is 3.31. The fourth-order valence-electron chi connectivity index (χ4n) is 0.968. The molecule has 0 aliphatic heterocycles. The molecule has 0 aromatic carbocycles. The molecule has 0 unspecified atom stereocenters. The minimum Gasteiger partial charge on any atom is -0.0998 e. The lowest BCUT2D eigenvalue weighted by atomic mass is 10.6. The maximum atomic E-state index is 3.88. The van der Waals surface area contributed by atoms with E-state index >= 15 is 0 Å². The Labute approximate surface area is 65.5 Å². The van der Waals surface area contributed by atoms with Crippen molar-refractivity contribution in [3.05, 3.63) is 37.4 Å². The lowest BCUT2D eigenvalue weighted by Gasteiger charge is -1.96. The monoisotopic (exact) mass is 150 g/mol. The minimum absolute atomic E-state index is 0.790. The maximum absolute atomic E-state index is 3.88. The topological polar surface area (TPSA) is 0 Å². The summed E-state index contributed by atoms with van der Waals surface area (Å²) in [6.07, 6.45) is 0. The molecule has 0 N–H and O–H groups in total. The zero-order valence-electron chi connectivity index (χ0n) is 6.83. The molecule has 1 heteroatoms. The van der Waals surface area contributed by atoms with Gasteiger partial charge in [-0.25, -0.2) is 0 Å². The van der Waals surface area contributed by atoms with Gasteiger partial charge in [0.25, 0.3) is 0 Å². The van der Waals surface area contributed by atoms with Crippen molar-refractivity contribution in [2.24, 2.45) is 0 Å². The Morgan fingerprint density at radius 1 is 1.20 bits per heavy atom. The standard InChI is InChI=1S/C9H14Si/c1-7(2)10(8(3)4)9(5)6/h1-3,5H2,4,6H3/q+2. The summed E-state index contributed by atoms with van der Waals surface area (Å²) in [5.74, 6) is 0. The first-order chi connectivity index (χ1) is 4.46. The van der Waals surface area contributed by atoms with Crippen molar-refractivity contribution in [1.29, 1.82) is 0 Å². The van der Waals surface area contributed by atoms with Gasteiger partial charge in [-0.2, -0.15) is 0 Å². The predicted octanol–water partition coefficient (Wildman–Crippen LogP) is 2.13. The van der Waals surface area contributed by atoms with Crippen LogP contribution in [-0.2, 0) is 0 Å². The highest BCUT2D eigenvalue weighted by Gasteiger charge is 2.11. The second-order valence-corrected chi connectivity index (χ2v) is 5.70. The van der Waals surface area contributed by atoms with E-state index in [1.807, 2.05) is 13.8 Å². The molecule has 0 nitrogen and oxygen atoms in total. The fourth-order valence-corrected chi connectivity index (χ4v) is 2.90. The van der Waals surface area contributed by atoms with Gasteiger partial charge in [-0.3, -0.25) is 0 Å². The second kappa shape index (κ2) is 3.47. The highest BCUT2D eigenvalue weighted by Crippen LogP contribution is 1.99. The van der Waals surface area contributed by atoms with E-state index in [0.717, 1.165) is 15.6 Å². The molecule has 0 radical (unpaired) electrons. The number of allylic oxidation sites excluding steroid dienone is 2. The van der Waals surface area contributed by atoms with Gasteiger partial charge in [0, 0.05) is 13.5 Å². The number of hydrogen-bond acceptors (Lipinski definition) is 0. The van der Waals surface area contributed by atoms with Crippen molar-refractivity contribution in [2.75, 3.05) is 0 Å². The van der Waals surface area contributed by atoms with E-state index in [1.165, 1.54) is 0 Å². The van der Waals surface area contributed by atoms with Crippen molar-refractivity contribution in [2.45, 2.75) is 13.8 Å². The van der Waals surface area contributed by atoms with E-state index in [9.17, 15) is 0 Å². The third-order valence-electron chi connectivity index (χ3n) is 1.21. The molecule has 0 amide bonds. The summed E-state index contributed by atoms with van der Waals surface area (Å²) in [6.45, 7) is 19.4. The van der Waals surface area contributed by atoms with Gasteiger partial charge in [0.05, 0.1) is 12.1 Å². The van der Waals surface area contributed by atoms with Gasteiger partial charge in [-0.15, -0.1) is 0 Å². The van der Waals surface area contributed by atoms with Crippen LogP contribution in [0.25, 0.3) is 0 Å². The summed E-state index contributed by atoms with van der Waals surface area (Å²) >= 11 is 0. The molecule has 10 heavy (non-hydrogen) atoms. The Morgan fingerprint density at radius 2 is 1.60 bits per heavy atom. The summed E-state index contributed by atoms with van der Waals surface area (Å²) in [7, 11) is -0.790. The Kier molecular flexibility index (Phi) is 3.23. The van der Waals surface area contributed by atoms with Crippen LogP contribution in [-0.4, -0.2) is 13.6 Å². The molecule has 0 atom stereocenters. The molecular formula is C9H14Si+2. The largest absolute Gasteiger partial charge is 0.184 e. The van der Waals surface area contributed by atoms with Gasteiger partial charge in [-0.1, -0.05) is 11.8 Å². The SMILES string of the molecule is C=C([CH2+])[Si](C(=C)C)=C([CH2+])C. The van der Waals surface area contributed by atoms with Gasteiger partial charge in [0.1, 0.15) is 5.20 Å². The predicted molar refractivity (Wildman–Crippen MR) is 51.1 cm³/mol. The van der Waals surface area contributed by atoms with Crippen LogP contribution in [0.1, 0.15) is 13.8 Å². The minimum atomic E-state index is -0.790. The van der Waals surface area contributed by atoms with Crippen molar-refractivity contribution >= 4 is 13.6 Å². The lowest BCUT2D eigenvalue weighted by molar-refractivity contribution is 1.67. The molecule has 0 saturated carbocycles. The van der Waals surface area contributed by atoms with Crippen molar-refractivity contribution in [3.8, 4) is 0 Å².